The average Bonchev–Trinajstić information content (AvgIpc) is 3.19. The molecule has 2 aliphatic heterocycles. The van der Waals surface area contributed by atoms with Crippen LogP contribution in [-0.4, -0.2) is 63.5 Å². The van der Waals surface area contributed by atoms with Gasteiger partial charge in [0.1, 0.15) is 6.17 Å². The van der Waals surface area contributed by atoms with Gasteiger partial charge in [0.2, 0.25) is 0 Å². The molecule has 1 amide bonds. The highest BCUT2D eigenvalue weighted by molar-refractivity contribution is 7.99. The third kappa shape index (κ3) is 3.87. The van der Waals surface area contributed by atoms with Crippen molar-refractivity contribution in [1.82, 2.24) is 15.4 Å². The van der Waals surface area contributed by atoms with Gasteiger partial charge < -0.3 is 14.9 Å². The second-order valence-corrected chi connectivity index (χ2v) is 7.50. The molecule has 0 aromatic carbocycles. The number of alkyl halides is 1. The molecular weight excluding hydrogens is 321 g/mol. The van der Waals surface area contributed by atoms with Crippen LogP contribution in [0.1, 0.15) is 24.3 Å². The fourth-order valence-corrected chi connectivity index (χ4v) is 4.37. The van der Waals surface area contributed by atoms with E-state index in [1.54, 1.807) is 11.8 Å². The van der Waals surface area contributed by atoms with Crippen LogP contribution in [0.4, 0.5) is 4.39 Å². The first-order valence-corrected chi connectivity index (χ1v) is 9.00. The molecule has 23 heavy (non-hydrogen) atoms. The normalized spacial score (nSPS) is 31.6. The van der Waals surface area contributed by atoms with Gasteiger partial charge in [-0.2, -0.15) is 11.8 Å². The summed E-state index contributed by atoms with van der Waals surface area (Å²) in [5, 5.41) is 16.9. The van der Waals surface area contributed by atoms with Gasteiger partial charge in [-0.25, -0.2) is 4.39 Å². The molecule has 1 aromatic heterocycles. The molecule has 0 radical (unpaired) electrons. The number of amides is 1. The highest BCUT2D eigenvalue weighted by atomic mass is 32.2. The highest BCUT2D eigenvalue weighted by Gasteiger charge is 2.40. The first kappa shape index (κ1) is 16.7. The molecule has 0 bridgehead atoms. The number of likely N-dealkylation sites (tertiary alicyclic amines) is 1. The second kappa shape index (κ2) is 6.78. The predicted molar refractivity (Wildman–Crippen MR) is 84.9 cm³/mol. The minimum absolute atomic E-state index is 0.1000. The molecule has 3 rings (SSSR count). The van der Waals surface area contributed by atoms with E-state index in [1.807, 2.05) is 17.9 Å². The molecule has 6 nitrogen and oxygen atoms in total. The van der Waals surface area contributed by atoms with Gasteiger partial charge in [0.15, 0.2) is 11.4 Å². The Labute approximate surface area is 138 Å². The van der Waals surface area contributed by atoms with Crippen molar-refractivity contribution in [1.29, 1.82) is 0 Å². The van der Waals surface area contributed by atoms with Crippen molar-refractivity contribution in [3.8, 4) is 0 Å². The van der Waals surface area contributed by atoms with Crippen molar-refractivity contribution in [2.45, 2.75) is 44.1 Å². The van der Waals surface area contributed by atoms with Crippen LogP contribution in [0.5, 0.6) is 0 Å². The number of carbonyl (C=O) groups is 1. The lowest BCUT2D eigenvalue weighted by Crippen LogP contribution is -2.50. The van der Waals surface area contributed by atoms with Crippen molar-refractivity contribution in [2.24, 2.45) is 0 Å². The summed E-state index contributed by atoms with van der Waals surface area (Å²) in [6.45, 7) is 2.97. The van der Waals surface area contributed by atoms with Gasteiger partial charge in [0, 0.05) is 31.0 Å². The monoisotopic (exact) mass is 343 g/mol. The number of aryl methyl sites for hydroxylation is 1. The molecule has 2 fully saturated rings. The van der Waals surface area contributed by atoms with Gasteiger partial charge in [-0.3, -0.25) is 9.69 Å². The topological polar surface area (TPSA) is 78.6 Å². The van der Waals surface area contributed by atoms with Crippen LogP contribution in [0.2, 0.25) is 0 Å². The minimum atomic E-state index is -1.27. The third-order valence-electron chi connectivity index (χ3n) is 4.43. The van der Waals surface area contributed by atoms with Gasteiger partial charge in [-0.15, -0.1) is 0 Å². The van der Waals surface area contributed by atoms with Crippen molar-refractivity contribution >= 4 is 17.7 Å². The van der Waals surface area contributed by atoms with E-state index in [9.17, 15) is 14.3 Å². The summed E-state index contributed by atoms with van der Waals surface area (Å²) in [6, 6.07) is 1.73. The van der Waals surface area contributed by atoms with E-state index in [4.69, 9.17) is 4.52 Å². The maximum atomic E-state index is 13.8. The Bertz CT molecular complexity index is 562. The Hall–Kier alpha value is -1.12. The van der Waals surface area contributed by atoms with Crippen LogP contribution in [0.15, 0.2) is 10.6 Å². The van der Waals surface area contributed by atoms with Gasteiger partial charge in [-0.1, -0.05) is 5.16 Å². The third-order valence-corrected chi connectivity index (χ3v) is 5.61. The number of nitrogens with one attached hydrogen (secondary N) is 1. The summed E-state index contributed by atoms with van der Waals surface area (Å²) in [4.78, 5) is 14.1. The Morgan fingerprint density at radius 1 is 1.70 bits per heavy atom. The summed E-state index contributed by atoms with van der Waals surface area (Å²) in [5.41, 5.74) is -0.479. The summed E-state index contributed by atoms with van der Waals surface area (Å²) in [7, 11) is 0. The highest BCUT2D eigenvalue weighted by Crippen LogP contribution is 2.28. The van der Waals surface area contributed by atoms with Gasteiger partial charge in [0.05, 0.1) is 12.2 Å². The zero-order valence-corrected chi connectivity index (χ0v) is 13.9. The summed E-state index contributed by atoms with van der Waals surface area (Å²) >= 11 is 1.57. The first-order valence-electron chi connectivity index (χ1n) is 7.85. The number of hydrogen-bond acceptors (Lipinski definition) is 6. The first-order chi connectivity index (χ1) is 11.0. The largest absolute Gasteiger partial charge is 0.379 e. The quantitative estimate of drug-likeness (QED) is 0.826. The van der Waals surface area contributed by atoms with Crippen LogP contribution in [0, 0.1) is 6.92 Å². The number of aromatic nitrogens is 1. The smallest absolute Gasteiger partial charge is 0.252 e. The number of halogens is 1. The second-order valence-electron chi connectivity index (χ2n) is 6.40. The van der Waals surface area contributed by atoms with Crippen LogP contribution in [-0.2, 0) is 11.3 Å². The molecular formula is C15H22FN3O3S. The summed E-state index contributed by atoms with van der Waals surface area (Å²) in [5.74, 6) is 1.56. The Morgan fingerprint density at radius 3 is 3.17 bits per heavy atom. The van der Waals surface area contributed by atoms with Crippen LogP contribution < -0.4 is 5.32 Å². The summed E-state index contributed by atoms with van der Waals surface area (Å²) in [6.07, 6.45) is -0.0623. The van der Waals surface area contributed by atoms with E-state index in [1.165, 1.54) is 0 Å². The number of aliphatic hydroxyl groups is 1. The molecule has 2 aliphatic rings. The lowest BCUT2D eigenvalue weighted by Gasteiger charge is -2.25. The molecule has 3 heterocycles. The van der Waals surface area contributed by atoms with E-state index < -0.39 is 11.8 Å². The molecule has 128 valence electrons. The van der Waals surface area contributed by atoms with Gasteiger partial charge >= 0.3 is 0 Å². The molecule has 0 aliphatic carbocycles. The van der Waals surface area contributed by atoms with Crippen LogP contribution in [0.3, 0.4) is 0 Å². The van der Waals surface area contributed by atoms with Gasteiger partial charge in [0.25, 0.3) is 5.91 Å². The Kier molecular flexibility index (Phi) is 4.93. The van der Waals surface area contributed by atoms with E-state index in [0.29, 0.717) is 44.0 Å². The van der Waals surface area contributed by atoms with Gasteiger partial charge in [-0.05, 0) is 25.5 Å². The lowest BCUT2D eigenvalue weighted by atomic mass is 10.0. The molecule has 3 atom stereocenters. The minimum Gasteiger partial charge on any atom is -0.379 e. The molecule has 0 spiro atoms. The number of hydrogen-bond donors (Lipinski definition) is 2. The number of rotatable bonds is 5. The zero-order valence-electron chi connectivity index (χ0n) is 13.1. The fraction of sp³-hybridized carbons (Fsp3) is 0.733. The Morgan fingerprint density at radius 2 is 2.52 bits per heavy atom. The molecule has 1 aromatic rings. The lowest BCUT2D eigenvalue weighted by molar-refractivity contribution is -0.137. The molecule has 2 N–H and O–H groups in total. The standard InChI is InChI=1S/C15H22FN3O3S/c1-10-4-13(22-18-10)8-19-7-11(16)5-12(19)6-17-14(20)15(21)2-3-23-9-15/h4,11-12,21H,2-3,5-9H2,1H3,(H,17,20)/t11-,12-,15?/m0/s1. The molecule has 2 saturated heterocycles. The molecule has 0 saturated carbocycles. The van der Waals surface area contributed by atoms with Crippen LogP contribution in [0.25, 0.3) is 0 Å². The maximum absolute atomic E-state index is 13.8. The van der Waals surface area contributed by atoms with Crippen molar-refractivity contribution in [3.05, 3.63) is 17.5 Å². The molecule has 1 unspecified atom stereocenters. The zero-order chi connectivity index (χ0) is 16.4. The van der Waals surface area contributed by atoms with E-state index >= 15 is 0 Å². The van der Waals surface area contributed by atoms with Crippen molar-refractivity contribution in [3.63, 3.8) is 0 Å². The van der Waals surface area contributed by atoms with E-state index in [0.717, 1.165) is 11.4 Å². The van der Waals surface area contributed by atoms with E-state index in [2.05, 4.69) is 10.5 Å². The summed E-state index contributed by atoms with van der Waals surface area (Å²) < 4.78 is 19.0. The maximum Gasteiger partial charge on any atom is 0.252 e. The number of carbonyl (C=O) groups excluding carboxylic acids is 1. The van der Waals surface area contributed by atoms with Crippen molar-refractivity contribution in [2.75, 3.05) is 24.6 Å². The molecule has 8 heteroatoms. The number of nitrogens with zero attached hydrogens (tertiary/aromatic N) is 2. The predicted octanol–water partition coefficient (Wildman–Crippen LogP) is 0.880. The van der Waals surface area contributed by atoms with Crippen LogP contribution >= 0.6 is 11.8 Å². The van der Waals surface area contributed by atoms with Crippen molar-refractivity contribution < 1.29 is 18.8 Å². The Balaban J connectivity index is 1.56. The number of thioether (sulfide) groups is 1. The average molecular weight is 343 g/mol. The fourth-order valence-electron chi connectivity index (χ4n) is 3.13. The SMILES string of the molecule is Cc1cc(CN2C[C@@H](F)C[C@H]2CNC(=O)C2(O)CCSC2)on1. The van der Waals surface area contributed by atoms with E-state index in [-0.39, 0.29) is 11.9 Å².